The second-order valence-corrected chi connectivity index (χ2v) is 22.5. The van der Waals surface area contributed by atoms with Gasteiger partial charge in [0.05, 0.1) is 50.7 Å². The molecule has 12 heteroatoms. The largest absolute Gasteiger partial charge is 0.465 e. The van der Waals surface area contributed by atoms with Crippen LogP contribution in [0.25, 0.3) is 0 Å². The normalized spacial score (nSPS) is 10.1. The number of carbonyl (C=O) groups is 4. The highest BCUT2D eigenvalue weighted by Gasteiger charge is 2.23. The number of aryl methyl sites for hydroxylation is 4. The fourth-order valence-corrected chi connectivity index (χ4v) is 8.92. The van der Waals surface area contributed by atoms with Crippen molar-refractivity contribution < 1.29 is 38.1 Å². The monoisotopic (exact) mass is 1180 g/mol. The second kappa shape index (κ2) is 36.6. The van der Waals surface area contributed by atoms with E-state index in [9.17, 15) is 19.2 Å². The first-order chi connectivity index (χ1) is 41.3. The standard InChI is InChI=1S/C29H30O6.C14H20O2.4C8H11N/c1-17-7-9-24(27(30)33-4)20(11-17)15-22-13-19(3)14-23(26(22)29(32)35-6)16-21-12-18(2)8-10-25(21)28(31)34-5;1-6-10-9-11(14(2,3)4)7-8-12(10)13(15)16-5;4*1-9(2)8-6-4-3-5-7-8/h7-14H,15-16H2,1-6H3;7-9H,6H2,1-5H3;4*3-7H,1-2H3. The van der Waals surface area contributed by atoms with Crippen molar-refractivity contribution in [1.29, 1.82) is 0 Å². The van der Waals surface area contributed by atoms with Crippen LogP contribution in [0.15, 0.2) is 188 Å². The molecule has 0 unspecified atom stereocenters. The average molecular weight is 1180 g/mol. The maximum absolute atomic E-state index is 13.0. The first kappa shape index (κ1) is 72.1. The van der Waals surface area contributed by atoms with Gasteiger partial charge in [-0.3, -0.25) is 0 Å². The molecule has 0 spiro atoms. The Kier molecular flexibility index (Phi) is 30.4. The third-order valence-corrected chi connectivity index (χ3v) is 13.8. The summed E-state index contributed by atoms with van der Waals surface area (Å²) in [5, 5.41) is 0. The van der Waals surface area contributed by atoms with Crippen LogP contribution in [0.5, 0.6) is 0 Å². The smallest absolute Gasteiger partial charge is 0.338 e. The van der Waals surface area contributed by atoms with Crippen molar-refractivity contribution in [2.45, 2.75) is 73.1 Å². The molecule has 12 nitrogen and oxygen atoms in total. The van der Waals surface area contributed by atoms with Gasteiger partial charge in [0.25, 0.3) is 0 Å². The van der Waals surface area contributed by atoms with Crippen molar-refractivity contribution in [2.24, 2.45) is 0 Å². The molecular weight excluding hydrogens is 1080 g/mol. The van der Waals surface area contributed by atoms with Crippen LogP contribution in [0.3, 0.4) is 0 Å². The fraction of sp³-hybridized carbons (Fsp3) is 0.307. The van der Waals surface area contributed by atoms with E-state index in [1.807, 2.05) is 205 Å². The highest BCUT2D eigenvalue weighted by molar-refractivity contribution is 5.95. The van der Waals surface area contributed by atoms with Crippen molar-refractivity contribution >= 4 is 46.6 Å². The lowest BCUT2D eigenvalue weighted by molar-refractivity contribution is 0.0589. The minimum atomic E-state index is -0.477. The minimum Gasteiger partial charge on any atom is -0.465 e. The van der Waals surface area contributed by atoms with Crippen molar-refractivity contribution in [2.75, 3.05) is 104 Å². The quantitative estimate of drug-likeness (QED) is 0.0808. The molecule has 0 aliphatic rings. The molecule has 87 heavy (non-hydrogen) atoms. The van der Waals surface area contributed by atoms with E-state index < -0.39 is 17.9 Å². The summed E-state index contributed by atoms with van der Waals surface area (Å²) in [6, 6.07) is 61.9. The number of para-hydroxylation sites is 4. The molecule has 8 aromatic carbocycles. The third kappa shape index (κ3) is 24.0. The van der Waals surface area contributed by atoms with Gasteiger partial charge in [-0.25, -0.2) is 19.2 Å². The molecule has 8 rings (SSSR count). The summed E-state index contributed by atoms with van der Waals surface area (Å²) in [6.45, 7) is 14.4. The Morgan fingerprint density at radius 3 is 0.874 bits per heavy atom. The number of benzene rings is 8. The second-order valence-electron chi connectivity index (χ2n) is 22.5. The van der Waals surface area contributed by atoms with Crippen molar-refractivity contribution in [1.82, 2.24) is 0 Å². The van der Waals surface area contributed by atoms with Crippen LogP contribution < -0.4 is 19.6 Å². The maximum Gasteiger partial charge on any atom is 0.338 e. The lowest BCUT2D eigenvalue weighted by atomic mass is 9.85. The van der Waals surface area contributed by atoms with E-state index in [1.54, 1.807) is 12.1 Å². The van der Waals surface area contributed by atoms with Crippen molar-refractivity contribution in [3.63, 3.8) is 0 Å². The predicted octanol–water partition coefficient (Wildman–Crippen LogP) is 15.5. The molecule has 0 amide bonds. The first-order valence-corrected chi connectivity index (χ1v) is 29.0. The van der Waals surface area contributed by atoms with Crippen LogP contribution in [0.4, 0.5) is 22.7 Å². The minimum absolute atomic E-state index is 0.110. The Morgan fingerprint density at radius 2 is 0.621 bits per heavy atom. The van der Waals surface area contributed by atoms with Gasteiger partial charge in [-0.05, 0) is 146 Å². The molecule has 8 aromatic rings. The highest BCUT2D eigenvalue weighted by Crippen LogP contribution is 2.29. The maximum atomic E-state index is 13.0. The summed E-state index contributed by atoms with van der Waals surface area (Å²) in [6.07, 6.45) is 1.51. The summed E-state index contributed by atoms with van der Waals surface area (Å²) in [4.78, 5) is 57.7. The Bertz CT molecular complexity index is 3110. The van der Waals surface area contributed by atoms with Gasteiger partial charge in [0, 0.05) is 79.1 Å². The lowest BCUT2D eigenvalue weighted by Gasteiger charge is -2.20. The van der Waals surface area contributed by atoms with Gasteiger partial charge in [-0.2, -0.15) is 0 Å². The summed E-state index contributed by atoms with van der Waals surface area (Å²) >= 11 is 0. The van der Waals surface area contributed by atoms with Crippen LogP contribution in [0, 0.1) is 20.8 Å². The molecule has 0 saturated heterocycles. The van der Waals surface area contributed by atoms with Crippen LogP contribution in [0.2, 0.25) is 0 Å². The number of rotatable bonds is 13. The van der Waals surface area contributed by atoms with Gasteiger partial charge >= 0.3 is 23.9 Å². The third-order valence-electron chi connectivity index (χ3n) is 13.8. The number of ether oxygens (including phenoxy) is 4. The molecule has 0 atom stereocenters. The van der Waals surface area contributed by atoms with E-state index in [4.69, 9.17) is 18.9 Å². The van der Waals surface area contributed by atoms with E-state index in [-0.39, 0.29) is 11.4 Å². The van der Waals surface area contributed by atoms with Gasteiger partial charge in [0.15, 0.2) is 0 Å². The van der Waals surface area contributed by atoms with E-state index in [0.717, 1.165) is 50.9 Å². The highest BCUT2D eigenvalue weighted by atomic mass is 16.5. The number of hydrogen-bond donors (Lipinski definition) is 0. The zero-order chi connectivity index (χ0) is 64.8. The molecule has 462 valence electrons. The first-order valence-electron chi connectivity index (χ1n) is 29.0. The van der Waals surface area contributed by atoms with E-state index in [1.165, 1.54) is 56.8 Å². The van der Waals surface area contributed by atoms with Crippen LogP contribution in [-0.2, 0) is 43.6 Å². The molecule has 0 radical (unpaired) electrons. The molecule has 0 aliphatic carbocycles. The number of anilines is 4. The van der Waals surface area contributed by atoms with Gasteiger partial charge in [0.1, 0.15) is 0 Å². The van der Waals surface area contributed by atoms with Crippen molar-refractivity contribution in [3.8, 4) is 0 Å². The summed E-state index contributed by atoms with van der Waals surface area (Å²) < 4.78 is 19.8. The predicted molar refractivity (Wildman–Crippen MR) is 362 cm³/mol. The molecule has 0 saturated carbocycles. The average Bonchev–Trinajstić information content (AvgIpc) is 2.11. The number of esters is 4. The summed E-state index contributed by atoms with van der Waals surface area (Å²) in [5.74, 6) is -1.60. The molecule has 0 fully saturated rings. The van der Waals surface area contributed by atoms with Gasteiger partial charge < -0.3 is 38.5 Å². The zero-order valence-corrected chi connectivity index (χ0v) is 55.1. The van der Waals surface area contributed by atoms with Crippen LogP contribution >= 0.6 is 0 Å². The Balaban J connectivity index is 0.000000311. The van der Waals surface area contributed by atoms with E-state index >= 15 is 0 Å². The zero-order valence-electron chi connectivity index (χ0n) is 55.1. The van der Waals surface area contributed by atoms with Crippen LogP contribution in [-0.4, -0.2) is 109 Å². The number of nitrogens with zero attached hydrogens (tertiary/aromatic N) is 4. The Morgan fingerprint density at radius 1 is 0.345 bits per heavy atom. The van der Waals surface area contributed by atoms with Gasteiger partial charge in [-0.15, -0.1) is 0 Å². The number of methoxy groups -OCH3 is 4. The van der Waals surface area contributed by atoms with E-state index in [2.05, 4.69) is 95.0 Å². The molecule has 0 heterocycles. The lowest BCUT2D eigenvalue weighted by Crippen LogP contribution is -2.14. The molecule has 0 N–H and O–H groups in total. The number of hydrogen-bond acceptors (Lipinski definition) is 12. The van der Waals surface area contributed by atoms with Gasteiger partial charge in [-0.1, -0.05) is 166 Å². The van der Waals surface area contributed by atoms with Crippen molar-refractivity contribution in [3.05, 3.63) is 260 Å². The fourth-order valence-electron chi connectivity index (χ4n) is 8.92. The SMILES string of the molecule is CCc1cc(C(C)(C)C)ccc1C(=O)OC.CN(C)c1ccccc1.CN(C)c1ccccc1.CN(C)c1ccccc1.CN(C)c1ccccc1.COC(=O)c1ccc(C)cc1Cc1cc(C)cc(Cc2cc(C)ccc2C(=O)OC)c1C(=O)OC. The molecule has 0 bridgehead atoms. The molecule has 0 aromatic heterocycles. The number of carbonyl (C=O) groups excluding carboxylic acids is 4. The van der Waals surface area contributed by atoms with Crippen LogP contribution in [0.1, 0.15) is 119 Å². The topological polar surface area (TPSA) is 118 Å². The summed E-state index contributed by atoms with van der Waals surface area (Å²) in [5.41, 5.74) is 15.3. The Hall–Kier alpha value is -9.16. The molecule has 0 aliphatic heterocycles. The Labute approximate surface area is 520 Å². The summed E-state index contributed by atoms with van der Waals surface area (Å²) in [7, 11) is 21.7. The van der Waals surface area contributed by atoms with Gasteiger partial charge in [0.2, 0.25) is 0 Å². The van der Waals surface area contributed by atoms with E-state index in [0.29, 0.717) is 35.1 Å². The molecular formula is C75H94N4O8.